The minimum atomic E-state index is -1.36. The average molecular weight is 421 g/mol. The Morgan fingerprint density at radius 1 is 1.27 bits per heavy atom. The second-order valence-corrected chi connectivity index (χ2v) is 8.90. The number of aliphatic hydroxyl groups is 2. The van der Waals surface area contributed by atoms with Crippen molar-refractivity contribution in [3.63, 3.8) is 0 Å². The first-order chi connectivity index (χ1) is 14.1. The molecule has 2 aliphatic heterocycles. The molecule has 1 aromatic heterocycles. The Balaban J connectivity index is 1.52. The third kappa shape index (κ3) is 4.93. The van der Waals surface area contributed by atoms with E-state index in [1.54, 1.807) is 17.3 Å². The van der Waals surface area contributed by atoms with Crippen LogP contribution < -0.4 is 10.2 Å². The molecule has 3 heterocycles. The Bertz CT molecular complexity index is 714. The third-order valence-electron chi connectivity index (χ3n) is 6.22. The smallest absolute Gasteiger partial charge is 0.463 e. The van der Waals surface area contributed by atoms with Gasteiger partial charge in [0.2, 0.25) is 0 Å². The Kier molecular flexibility index (Phi) is 7.01. The van der Waals surface area contributed by atoms with E-state index in [9.17, 15) is 9.90 Å². The van der Waals surface area contributed by atoms with Gasteiger partial charge in [-0.2, -0.15) is 0 Å². The van der Waals surface area contributed by atoms with Gasteiger partial charge in [0.15, 0.2) is 6.10 Å². The number of nitrogens with zero attached hydrogens (tertiary/aromatic N) is 3. The molecule has 10 heteroatoms. The lowest BCUT2D eigenvalue weighted by Gasteiger charge is -2.36. The van der Waals surface area contributed by atoms with E-state index in [0.717, 1.165) is 24.7 Å². The molecule has 0 saturated carbocycles. The van der Waals surface area contributed by atoms with E-state index in [2.05, 4.69) is 9.97 Å². The molecule has 2 saturated heterocycles. The Morgan fingerprint density at radius 3 is 2.50 bits per heavy atom. The Morgan fingerprint density at radius 2 is 1.90 bits per heavy atom. The summed E-state index contributed by atoms with van der Waals surface area (Å²) < 4.78 is 17.7. The summed E-state index contributed by atoms with van der Waals surface area (Å²) in [5.41, 5.74) is -0.137. The van der Waals surface area contributed by atoms with Crippen molar-refractivity contribution < 1.29 is 29.1 Å². The van der Waals surface area contributed by atoms with Gasteiger partial charge in [-0.25, -0.2) is 9.97 Å². The Hall–Kier alpha value is -1.75. The van der Waals surface area contributed by atoms with Crippen LogP contribution in [0, 0.1) is 0 Å². The molecular weight excluding hydrogens is 389 g/mol. The van der Waals surface area contributed by atoms with Gasteiger partial charge in [-0.1, -0.05) is 0 Å². The van der Waals surface area contributed by atoms with Crippen molar-refractivity contribution in [3.05, 3.63) is 12.4 Å². The summed E-state index contributed by atoms with van der Waals surface area (Å²) in [5, 5.41) is 18.7. The number of likely N-dealkylation sites (tertiary alicyclic amines) is 1. The number of carbonyl (C=O) groups excluding carboxylic acids is 1. The van der Waals surface area contributed by atoms with Crippen LogP contribution in [0.2, 0.25) is 0 Å². The standard InChI is InChI=1S/C20H32BN3O6/c1-19(2)20(3,4)30-21(29-19)14-11-22-18(23-12-14)28-10-8-15-7-5-6-9-24(15)17(27)16(26)13-25/h11-12,15-16,25-26H,5-10,13H2,1-4H3/t15-,16+/m0/s1. The van der Waals surface area contributed by atoms with E-state index in [1.165, 1.54) is 0 Å². The predicted molar refractivity (Wildman–Crippen MR) is 110 cm³/mol. The van der Waals surface area contributed by atoms with Crippen LogP contribution in [0.15, 0.2) is 12.4 Å². The highest BCUT2D eigenvalue weighted by Gasteiger charge is 2.52. The fourth-order valence-electron chi connectivity index (χ4n) is 3.65. The maximum atomic E-state index is 12.3. The number of piperidine rings is 1. The minimum Gasteiger partial charge on any atom is -0.463 e. The van der Waals surface area contributed by atoms with Gasteiger partial charge in [-0.15, -0.1) is 0 Å². The van der Waals surface area contributed by atoms with Gasteiger partial charge in [0, 0.05) is 36.9 Å². The van der Waals surface area contributed by atoms with E-state index in [-0.39, 0.29) is 12.1 Å². The van der Waals surface area contributed by atoms with Gasteiger partial charge in [-0.3, -0.25) is 4.79 Å². The lowest BCUT2D eigenvalue weighted by Crippen LogP contribution is -2.49. The monoisotopic (exact) mass is 421 g/mol. The normalized spacial score (nSPS) is 24.0. The van der Waals surface area contributed by atoms with Gasteiger partial charge in [0.05, 0.1) is 24.4 Å². The van der Waals surface area contributed by atoms with E-state index in [0.29, 0.717) is 19.6 Å². The van der Waals surface area contributed by atoms with Crippen molar-refractivity contribution in [1.29, 1.82) is 0 Å². The first-order valence-corrected chi connectivity index (χ1v) is 10.5. The van der Waals surface area contributed by atoms with Crippen molar-refractivity contribution in [2.45, 2.75) is 76.7 Å². The van der Waals surface area contributed by atoms with Crippen LogP contribution in [-0.4, -0.2) is 81.2 Å². The summed E-state index contributed by atoms with van der Waals surface area (Å²) in [7, 11) is -0.524. The number of carbonyl (C=O) groups is 1. The third-order valence-corrected chi connectivity index (χ3v) is 6.22. The molecule has 2 atom stereocenters. The molecule has 2 aliphatic rings. The molecule has 3 rings (SSSR count). The van der Waals surface area contributed by atoms with Crippen LogP contribution in [0.25, 0.3) is 0 Å². The highest BCUT2D eigenvalue weighted by atomic mass is 16.7. The molecule has 0 spiro atoms. The van der Waals surface area contributed by atoms with E-state index < -0.39 is 36.9 Å². The highest BCUT2D eigenvalue weighted by molar-refractivity contribution is 6.61. The molecule has 0 bridgehead atoms. The van der Waals surface area contributed by atoms with Crippen molar-refractivity contribution in [1.82, 2.24) is 14.9 Å². The fraction of sp³-hybridized carbons (Fsp3) is 0.750. The van der Waals surface area contributed by atoms with E-state index in [4.69, 9.17) is 19.2 Å². The predicted octanol–water partition coefficient (Wildman–Crippen LogP) is 0.279. The lowest BCUT2D eigenvalue weighted by atomic mass is 9.81. The van der Waals surface area contributed by atoms with Gasteiger partial charge in [-0.05, 0) is 47.0 Å². The molecule has 2 fully saturated rings. The molecule has 0 radical (unpaired) electrons. The fourth-order valence-corrected chi connectivity index (χ4v) is 3.65. The summed E-state index contributed by atoms with van der Waals surface area (Å²) in [6.07, 6.45) is 5.27. The van der Waals surface area contributed by atoms with Crippen LogP contribution in [0.4, 0.5) is 0 Å². The molecule has 2 N–H and O–H groups in total. The van der Waals surface area contributed by atoms with Crippen molar-refractivity contribution in [3.8, 4) is 6.01 Å². The van der Waals surface area contributed by atoms with Crippen molar-refractivity contribution in [2.24, 2.45) is 0 Å². The summed E-state index contributed by atoms with van der Waals surface area (Å²) >= 11 is 0. The molecular formula is C20H32BN3O6. The average Bonchev–Trinajstić information content (AvgIpc) is 2.95. The maximum absolute atomic E-state index is 12.3. The van der Waals surface area contributed by atoms with Gasteiger partial charge in [0.1, 0.15) is 0 Å². The summed E-state index contributed by atoms with van der Waals surface area (Å²) in [5.74, 6) is -0.426. The first-order valence-electron chi connectivity index (χ1n) is 10.5. The topological polar surface area (TPSA) is 114 Å². The second kappa shape index (κ2) is 9.17. The van der Waals surface area contributed by atoms with Crippen LogP contribution in [0.3, 0.4) is 0 Å². The zero-order valence-electron chi connectivity index (χ0n) is 18.2. The van der Waals surface area contributed by atoms with Crippen LogP contribution >= 0.6 is 0 Å². The number of hydrogen-bond acceptors (Lipinski definition) is 8. The second-order valence-electron chi connectivity index (χ2n) is 8.90. The van der Waals surface area contributed by atoms with Crippen molar-refractivity contribution in [2.75, 3.05) is 19.8 Å². The number of amides is 1. The largest absolute Gasteiger partial charge is 0.498 e. The molecule has 0 aliphatic carbocycles. The summed E-state index contributed by atoms with van der Waals surface area (Å²) in [4.78, 5) is 22.4. The number of rotatable bonds is 7. The Labute approximate surface area is 177 Å². The molecule has 0 aromatic carbocycles. The van der Waals surface area contributed by atoms with Crippen LogP contribution in [0.1, 0.15) is 53.4 Å². The van der Waals surface area contributed by atoms with E-state index in [1.807, 2.05) is 27.7 Å². The SMILES string of the molecule is CC1(C)OB(c2cnc(OCC[C@@H]3CCCCN3C(=O)[C@H](O)CO)nc2)OC1(C)C. The summed E-state index contributed by atoms with van der Waals surface area (Å²) in [6, 6.07) is 0.218. The van der Waals surface area contributed by atoms with E-state index >= 15 is 0 Å². The zero-order valence-corrected chi connectivity index (χ0v) is 18.2. The van der Waals surface area contributed by atoms with Crippen LogP contribution in [-0.2, 0) is 14.1 Å². The van der Waals surface area contributed by atoms with Gasteiger partial charge >= 0.3 is 13.1 Å². The highest BCUT2D eigenvalue weighted by Crippen LogP contribution is 2.36. The minimum absolute atomic E-state index is 0.0310. The molecule has 9 nitrogen and oxygen atoms in total. The number of ether oxygens (including phenoxy) is 1. The molecule has 1 amide bonds. The first kappa shape index (κ1) is 22.9. The number of aliphatic hydroxyl groups excluding tert-OH is 2. The molecule has 30 heavy (non-hydrogen) atoms. The van der Waals surface area contributed by atoms with Crippen LogP contribution in [0.5, 0.6) is 6.01 Å². The number of hydrogen-bond donors (Lipinski definition) is 2. The number of aromatic nitrogens is 2. The quantitative estimate of drug-likeness (QED) is 0.604. The van der Waals surface area contributed by atoms with Gasteiger partial charge < -0.3 is 29.2 Å². The zero-order chi connectivity index (χ0) is 21.9. The molecule has 166 valence electrons. The van der Waals surface area contributed by atoms with Crippen molar-refractivity contribution >= 4 is 18.5 Å². The molecule has 1 aromatic rings. The maximum Gasteiger partial charge on any atom is 0.498 e. The molecule has 0 unspecified atom stereocenters. The summed E-state index contributed by atoms with van der Waals surface area (Å²) in [6.45, 7) is 8.32. The van der Waals surface area contributed by atoms with Gasteiger partial charge in [0.25, 0.3) is 5.91 Å². The lowest BCUT2D eigenvalue weighted by molar-refractivity contribution is -0.146.